The molecule has 0 saturated carbocycles. The third-order valence-corrected chi connectivity index (χ3v) is 2.38. The van der Waals surface area contributed by atoms with E-state index in [-0.39, 0.29) is 0 Å². The molecular formula is C11H9ClN2O2. The average molecular weight is 237 g/mol. The first-order valence-corrected chi connectivity index (χ1v) is 5.09. The monoisotopic (exact) mass is 236 g/mol. The van der Waals surface area contributed by atoms with Gasteiger partial charge in [0.15, 0.2) is 0 Å². The Kier molecular flexibility index (Phi) is 2.92. The highest BCUT2D eigenvalue weighted by Crippen LogP contribution is 2.05. The number of aromatic nitrogens is 2. The van der Waals surface area contributed by atoms with Crippen molar-refractivity contribution in [3.05, 3.63) is 58.3 Å². The van der Waals surface area contributed by atoms with Gasteiger partial charge in [0, 0.05) is 18.3 Å². The number of rotatable bonds is 2. The second-order valence-electron chi connectivity index (χ2n) is 3.37. The number of hydrogen-bond acceptors (Lipinski definition) is 2. The predicted molar refractivity (Wildman–Crippen MR) is 60.9 cm³/mol. The van der Waals surface area contributed by atoms with Crippen LogP contribution in [0.15, 0.2) is 41.3 Å². The third-order valence-electron chi connectivity index (χ3n) is 2.20. The van der Waals surface area contributed by atoms with Crippen molar-refractivity contribution in [2.45, 2.75) is 6.42 Å². The Labute approximate surface area is 96.5 Å². The first-order chi connectivity index (χ1) is 7.66. The summed E-state index contributed by atoms with van der Waals surface area (Å²) in [6.45, 7) is 0. The van der Waals surface area contributed by atoms with Gasteiger partial charge in [0.2, 0.25) is 0 Å². The Morgan fingerprint density at radius 2 is 2.00 bits per heavy atom. The third kappa shape index (κ3) is 2.23. The SMILES string of the molecule is O=C(Cl)n1cc(Cc2ccccc2)[nH]c1=O. The lowest BCUT2D eigenvalue weighted by atomic mass is 10.1. The molecule has 16 heavy (non-hydrogen) atoms. The summed E-state index contributed by atoms with van der Waals surface area (Å²) in [4.78, 5) is 24.7. The number of aromatic amines is 1. The van der Waals surface area contributed by atoms with Crippen LogP contribution < -0.4 is 5.69 Å². The van der Waals surface area contributed by atoms with Crippen LogP contribution in [-0.4, -0.2) is 14.9 Å². The maximum absolute atomic E-state index is 11.3. The van der Waals surface area contributed by atoms with Gasteiger partial charge in [-0.3, -0.25) is 4.79 Å². The second kappa shape index (κ2) is 4.37. The molecule has 1 aromatic carbocycles. The molecule has 1 aromatic heterocycles. The number of imidazole rings is 1. The van der Waals surface area contributed by atoms with Gasteiger partial charge in [-0.2, -0.15) is 0 Å². The van der Waals surface area contributed by atoms with E-state index >= 15 is 0 Å². The molecule has 2 rings (SSSR count). The van der Waals surface area contributed by atoms with Crippen molar-refractivity contribution >= 4 is 17.0 Å². The van der Waals surface area contributed by atoms with Crippen molar-refractivity contribution in [3.8, 4) is 0 Å². The van der Waals surface area contributed by atoms with Gasteiger partial charge in [-0.25, -0.2) is 9.36 Å². The highest BCUT2D eigenvalue weighted by atomic mass is 35.5. The molecule has 0 bridgehead atoms. The molecule has 0 aliphatic rings. The van der Waals surface area contributed by atoms with Crippen LogP contribution in [0.1, 0.15) is 11.3 Å². The van der Waals surface area contributed by atoms with E-state index in [4.69, 9.17) is 11.6 Å². The number of hydrogen-bond donors (Lipinski definition) is 1. The van der Waals surface area contributed by atoms with E-state index in [1.165, 1.54) is 6.20 Å². The second-order valence-corrected chi connectivity index (χ2v) is 3.69. The van der Waals surface area contributed by atoms with Crippen molar-refractivity contribution in [1.82, 2.24) is 9.55 Å². The van der Waals surface area contributed by atoms with Crippen LogP contribution in [0.25, 0.3) is 0 Å². The molecular weight excluding hydrogens is 228 g/mol. The fourth-order valence-electron chi connectivity index (χ4n) is 1.48. The zero-order valence-electron chi connectivity index (χ0n) is 8.31. The molecule has 0 fully saturated rings. The van der Waals surface area contributed by atoms with Crippen molar-refractivity contribution in [3.63, 3.8) is 0 Å². The van der Waals surface area contributed by atoms with Crippen LogP contribution in [0, 0.1) is 0 Å². The van der Waals surface area contributed by atoms with Crippen LogP contribution in [0.5, 0.6) is 0 Å². The van der Waals surface area contributed by atoms with Crippen molar-refractivity contribution in [2.24, 2.45) is 0 Å². The molecule has 1 N–H and O–H groups in total. The maximum atomic E-state index is 11.3. The number of benzene rings is 1. The number of nitrogens with one attached hydrogen (secondary N) is 1. The largest absolute Gasteiger partial charge is 0.333 e. The zero-order valence-corrected chi connectivity index (χ0v) is 9.07. The summed E-state index contributed by atoms with van der Waals surface area (Å²) in [5.41, 5.74) is 1.20. The Morgan fingerprint density at radius 1 is 1.31 bits per heavy atom. The van der Waals surface area contributed by atoms with Gasteiger partial charge in [-0.05, 0) is 17.2 Å². The molecule has 0 aliphatic heterocycles. The normalized spacial score (nSPS) is 10.3. The lowest BCUT2D eigenvalue weighted by Crippen LogP contribution is -2.18. The molecule has 2 aromatic rings. The molecule has 1 heterocycles. The molecule has 0 aliphatic carbocycles. The van der Waals surface area contributed by atoms with Crippen LogP contribution in [0.4, 0.5) is 4.79 Å². The van der Waals surface area contributed by atoms with E-state index < -0.39 is 11.1 Å². The first-order valence-electron chi connectivity index (χ1n) is 4.71. The molecule has 0 spiro atoms. The molecule has 4 nitrogen and oxygen atoms in total. The van der Waals surface area contributed by atoms with Crippen molar-refractivity contribution in [2.75, 3.05) is 0 Å². The number of carbonyl (C=O) groups excluding carboxylic acids is 1. The summed E-state index contributed by atoms with van der Waals surface area (Å²) in [6.07, 6.45) is 1.98. The van der Waals surface area contributed by atoms with Gasteiger partial charge in [0.25, 0.3) is 0 Å². The topological polar surface area (TPSA) is 54.9 Å². The number of nitrogens with zero attached hydrogens (tertiary/aromatic N) is 1. The van der Waals surface area contributed by atoms with Gasteiger partial charge in [-0.1, -0.05) is 30.3 Å². The van der Waals surface area contributed by atoms with Crippen molar-refractivity contribution < 1.29 is 4.79 Å². The summed E-state index contributed by atoms with van der Waals surface area (Å²) in [6, 6.07) is 9.63. The number of halogens is 1. The van der Waals surface area contributed by atoms with Gasteiger partial charge >= 0.3 is 11.1 Å². The molecule has 0 radical (unpaired) electrons. The van der Waals surface area contributed by atoms with E-state index in [1.807, 2.05) is 30.3 Å². The minimum Gasteiger partial charge on any atom is -0.309 e. The van der Waals surface area contributed by atoms with E-state index in [1.54, 1.807) is 0 Å². The van der Waals surface area contributed by atoms with Gasteiger partial charge in [0.1, 0.15) is 0 Å². The maximum Gasteiger partial charge on any atom is 0.333 e. The fraction of sp³-hybridized carbons (Fsp3) is 0.0909. The van der Waals surface area contributed by atoms with Gasteiger partial charge in [-0.15, -0.1) is 0 Å². The lowest BCUT2D eigenvalue weighted by molar-refractivity contribution is 0.260. The quantitative estimate of drug-likeness (QED) is 0.811. The minimum absolute atomic E-state index is 0.508. The molecule has 0 amide bonds. The zero-order chi connectivity index (χ0) is 11.5. The summed E-state index contributed by atoms with van der Waals surface area (Å²) < 4.78 is 0.847. The van der Waals surface area contributed by atoms with E-state index in [2.05, 4.69) is 4.98 Å². The highest BCUT2D eigenvalue weighted by Gasteiger charge is 2.07. The van der Waals surface area contributed by atoms with Gasteiger partial charge in [0.05, 0.1) is 0 Å². The number of H-pyrrole nitrogens is 1. The lowest BCUT2D eigenvalue weighted by Gasteiger charge is -1.96. The smallest absolute Gasteiger partial charge is 0.309 e. The van der Waals surface area contributed by atoms with Crippen LogP contribution in [-0.2, 0) is 6.42 Å². The highest BCUT2D eigenvalue weighted by molar-refractivity contribution is 6.63. The van der Waals surface area contributed by atoms with Crippen LogP contribution in [0.2, 0.25) is 0 Å². The summed E-state index contributed by atoms with van der Waals surface area (Å²) in [5, 5.41) is -0.805. The minimum atomic E-state index is -0.805. The first kappa shape index (κ1) is 10.7. The predicted octanol–water partition coefficient (Wildman–Crippen LogP) is 1.97. The van der Waals surface area contributed by atoms with Crippen LogP contribution >= 0.6 is 11.6 Å². The average Bonchev–Trinajstić information content (AvgIpc) is 2.61. The van der Waals surface area contributed by atoms with Crippen LogP contribution in [0.3, 0.4) is 0 Å². The van der Waals surface area contributed by atoms with E-state index in [0.29, 0.717) is 12.1 Å². The molecule has 0 unspecified atom stereocenters. The fourth-order valence-corrected chi connectivity index (χ4v) is 1.61. The van der Waals surface area contributed by atoms with E-state index in [0.717, 1.165) is 10.1 Å². The molecule has 0 atom stereocenters. The Balaban J connectivity index is 2.27. The van der Waals surface area contributed by atoms with Gasteiger partial charge < -0.3 is 4.98 Å². The van der Waals surface area contributed by atoms with E-state index in [9.17, 15) is 9.59 Å². The van der Waals surface area contributed by atoms with Crippen molar-refractivity contribution in [1.29, 1.82) is 0 Å². The molecule has 82 valence electrons. The summed E-state index contributed by atoms with van der Waals surface area (Å²) >= 11 is 5.23. The summed E-state index contributed by atoms with van der Waals surface area (Å²) in [7, 11) is 0. The Hall–Kier alpha value is -1.81. The molecule has 5 heteroatoms. The number of carbonyl (C=O) groups is 1. The summed E-state index contributed by atoms with van der Waals surface area (Å²) in [5.74, 6) is 0. The standard InChI is InChI=1S/C11H9ClN2O2/c12-10(15)14-7-9(13-11(14)16)6-8-4-2-1-3-5-8/h1-5,7H,6H2,(H,13,16). The Bertz CT molecular complexity index is 557. The Morgan fingerprint density at radius 3 is 2.56 bits per heavy atom. The molecule has 0 saturated heterocycles.